The fourth-order valence-corrected chi connectivity index (χ4v) is 2.52. The van der Waals surface area contributed by atoms with E-state index in [4.69, 9.17) is 4.42 Å². The molecule has 0 unspecified atom stereocenters. The molecule has 126 valence electrons. The zero-order valence-corrected chi connectivity index (χ0v) is 13.3. The van der Waals surface area contributed by atoms with E-state index in [0.29, 0.717) is 16.5 Å². The topological polar surface area (TPSA) is 102 Å². The summed E-state index contributed by atoms with van der Waals surface area (Å²) in [6.45, 7) is 1.73. The van der Waals surface area contributed by atoms with Gasteiger partial charge in [0.05, 0.1) is 4.92 Å². The van der Waals surface area contributed by atoms with Crippen molar-refractivity contribution in [2.45, 2.75) is 13.5 Å². The molecule has 0 bridgehead atoms. The van der Waals surface area contributed by atoms with E-state index in [1.165, 1.54) is 12.1 Å². The first kappa shape index (κ1) is 16.4. The minimum absolute atomic E-state index is 0.0664. The maximum Gasteiger partial charge on any atom is 0.349 e. The van der Waals surface area contributed by atoms with E-state index in [1.807, 2.05) is 0 Å². The number of para-hydroxylation sites is 1. The first-order valence-electron chi connectivity index (χ1n) is 7.51. The smallest absolute Gasteiger partial charge is 0.349 e. The Morgan fingerprint density at radius 2 is 1.96 bits per heavy atom. The van der Waals surface area contributed by atoms with Crippen molar-refractivity contribution in [1.29, 1.82) is 0 Å². The van der Waals surface area contributed by atoms with Crippen LogP contribution in [0.5, 0.6) is 0 Å². The van der Waals surface area contributed by atoms with Gasteiger partial charge in [0.15, 0.2) is 0 Å². The number of benzene rings is 2. The van der Waals surface area contributed by atoms with Crippen LogP contribution in [0.15, 0.2) is 57.7 Å². The highest BCUT2D eigenvalue weighted by atomic mass is 16.6. The van der Waals surface area contributed by atoms with Crippen molar-refractivity contribution in [2.24, 2.45) is 0 Å². The van der Waals surface area contributed by atoms with Crippen molar-refractivity contribution in [3.63, 3.8) is 0 Å². The number of nitrogens with one attached hydrogen (secondary N) is 1. The molecular weight excluding hydrogens is 324 g/mol. The van der Waals surface area contributed by atoms with Crippen molar-refractivity contribution in [2.75, 3.05) is 0 Å². The van der Waals surface area contributed by atoms with Crippen molar-refractivity contribution in [3.05, 3.63) is 85.8 Å². The lowest BCUT2D eigenvalue weighted by Gasteiger charge is -2.07. The second kappa shape index (κ2) is 6.56. The number of fused-ring (bicyclic) bond motifs is 1. The van der Waals surface area contributed by atoms with Gasteiger partial charge in [0.1, 0.15) is 11.1 Å². The number of aryl methyl sites for hydroxylation is 1. The van der Waals surface area contributed by atoms with Crippen molar-refractivity contribution >= 4 is 22.6 Å². The molecule has 0 fully saturated rings. The number of nitrogens with zero attached hydrogens (tertiary/aromatic N) is 1. The fraction of sp³-hybridized carbons (Fsp3) is 0.111. The molecule has 1 aromatic heterocycles. The number of nitro groups is 1. The van der Waals surface area contributed by atoms with Gasteiger partial charge >= 0.3 is 5.63 Å². The minimum atomic E-state index is -0.755. The van der Waals surface area contributed by atoms with Crippen LogP contribution in [0.4, 0.5) is 5.69 Å². The van der Waals surface area contributed by atoms with Crippen molar-refractivity contribution in [1.82, 2.24) is 5.32 Å². The Kier molecular flexibility index (Phi) is 4.30. The summed E-state index contributed by atoms with van der Waals surface area (Å²) < 4.78 is 5.12. The predicted octanol–water partition coefficient (Wildman–Crippen LogP) is 2.94. The second-order valence-electron chi connectivity index (χ2n) is 5.56. The van der Waals surface area contributed by atoms with Crippen LogP contribution >= 0.6 is 0 Å². The average molecular weight is 338 g/mol. The molecule has 0 aliphatic heterocycles. The molecule has 25 heavy (non-hydrogen) atoms. The van der Waals surface area contributed by atoms with Gasteiger partial charge in [-0.15, -0.1) is 0 Å². The highest BCUT2D eigenvalue weighted by molar-refractivity contribution is 5.96. The average Bonchev–Trinajstić information content (AvgIpc) is 2.58. The third-order valence-electron chi connectivity index (χ3n) is 3.76. The first-order valence-corrected chi connectivity index (χ1v) is 7.51. The lowest BCUT2D eigenvalue weighted by Crippen LogP contribution is -2.28. The number of hydrogen-bond acceptors (Lipinski definition) is 5. The van der Waals surface area contributed by atoms with E-state index < -0.39 is 16.5 Å². The maximum atomic E-state index is 12.3. The first-order chi connectivity index (χ1) is 12.0. The third kappa shape index (κ3) is 3.40. The molecule has 0 aliphatic carbocycles. The van der Waals surface area contributed by atoms with Crippen molar-refractivity contribution < 1.29 is 14.1 Å². The summed E-state index contributed by atoms with van der Waals surface area (Å²) in [5.74, 6) is -0.643. The molecule has 0 radical (unpaired) electrons. The summed E-state index contributed by atoms with van der Waals surface area (Å²) >= 11 is 0. The molecule has 1 heterocycles. The Labute approximate surface area is 142 Å². The molecule has 2 aromatic carbocycles. The van der Waals surface area contributed by atoms with Crippen LogP contribution in [0.2, 0.25) is 0 Å². The number of carbonyl (C=O) groups excluding carboxylic acids is 1. The Hall–Kier alpha value is -3.48. The second-order valence-corrected chi connectivity index (χ2v) is 5.56. The Bertz CT molecular complexity index is 1040. The molecular formula is C18H14N2O5. The highest BCUT2D eigenvalue weighted by Crippen LogP contribution is 2.20. The van der Waals surface area contributed by atoms with Gasteiger partial charge in [0.25, 0.3) is 11.6 Å². The van der Waals surface area contributed by atoms with Crippen LogP contribution in [-0.2, 0) is 6.54 Å². The van der Waals surface area contributed by atoms with Gasteiger partial charge in [-0.2, -0.15) is 0 Å². The van der Waals surface area contributed by atoms with E-state index in [1.54, 1.807) is 43.3 Å². The summed E-state index contributed by atoms with van der Waals surface area (Å²) in [6.07, 6.45) is 0. The highest BCUT2D eigenvalue weighted by Gasteiger charge is 2.17. The van der Waals surface area contributed by atoms with Crippen LogP contribution in [-0.4, -0.2) is 10.8 Å². The molecule has 3 rings (SSSR count). The number of carbonyl (C=O) groups is 1. The van der Waals surface area contributed by atoms with Crippen LogP contribution in [0, 0.1) is 17.0 Å². The van der Waals surface area contributed by atoms with Crippen molar-refractivity contribution in [3.8, 4) is 0 Å². The molecule has 3 aromatic rings. The molecule has 1 amide bonds. The summed E-state index contributed by atoms with van der Waals surface area (Å²) in [5, 5.41) is 14.2. The Morgan fingerprint density at radius 1 is 1.20 bits per heavy atom. The maximum absolute atomic E-state index is 12.3. The summed E-state index contributed by atoms with van der Waals surface area (Å²) in [7, 11) is 0. The number of rotatable bonds is 4. The van der Waals surface area contributed by atoms with E-state index in [-0.39, 0.29) is 17.8 Å². The molecule has 0 spiro atoms. The molecule has 7 heteroatoms. The van der Waals surface area contributed by atoms with E-state index >= 15 is 0 Å². The molecule has 0 saturated carbocycles. The Morgan fingerprint density at radius 3 is 2.72 bits per heavy atom. The molecule has 1 N–H and O–H groups in total. The number of amides is 1. The SMILES string of the molecule is Cc1ccc([N+](=O)[O-])c(CNC(=O)c2cc3ccccc3oc2=O)c1. The zero-order chi connectivity index (χ0) is 18.0. The monoisotopic (exact) mass is 338 g/mol. The quantitative estimate of drug-likeness (QED) is 0.447. The summed E-state index contributed by atoms with van der Waals surface area (Å²) in [5.41, 5.74) is 0.599. The van der Waals surface area contributed by atoms with Gasteiger partial charge < -0.3 is 9.73 Å². The molecule has 0 atom stereocenters. The minimum Gasteiger partial charge on any atom is -0.422 e. The summed E-state index contributed by atoms with van der Waals surface area (Å²) in [4.78, 5) is 34.9. The van der Waals surface area contributed by atoms with Crippen LogP contribution in [0.1, 0.15) is 21.5 Å². The zero-order valence-electron chi connectivity index (χ0n) is 13.3. The molecule has 0 aliphatic rings. The van der Waals surface area contributed by atoms with Crippen LogP contribution < -0.4 is 10.9 Å². The summed E-state index contributed by atoms with van der Waals surface area (Å²) in [6, 6.07) is 12.9. The fourth-order valence-electron chi connectivity index (χ4n) is 2.52. The standard InChI is InChI=1S/C18H14N2O5/c1-11-6-7-15(20(23)24)13(8-11)10-19-17(21)14-9-12-4-2-3-5-16(12)25-18(14)22/h2-9H,10H2,1H3,(H,19,21). The van der Waals surface area contributed by atoms with Gasteiger partial charge in [0.2, 0.25) is 0 Å². The Balaban J connectivity index is 1.87. The van der Waals surface area contributed by atoms with Crippen LogP contribution in [0.3, 0.4) is 0 Å². The lowest BCUT2D eigenvalue weighted by molar-refractivity contribution is -0.385. The number of nitro benzene ring substituents is 1. The van der Waals surface area contributed by atoms with Gasteiger partial charge in [0, 0.05) is 23.6 Å². The third-order valence-corrected chi connectivity index (χ3v) is 3.76. The van der Waals surface area contributed by atoms with Gasteiger partial charge in [-0.05, 0) is 25.1 Å². The lowest BCUT2D eigenvalue weighted by atomic mass is 10.1. The van der Waals surface area contributed by atoms with E-state index in [9.17, 15) is 19.7 Å². The molecule has 0 saturated heterocycles. The normalized spacial score (nSPS) is 10.6. The number of hydrogen-bond donors (Lipinski definition) is 1. The van der Waals surface area contributed by atoms with Crippen LogP contribution in [0.25, 0.3) is 11.0 Å². The van der Waals surface area contributed by atoms with Gasteiger partial charge in [-0.25, -0.2) is 4.79 Å². The largest absolute Gasteiger partial charge is 0.422 e. The van der Waals surface area contributed by atoms with Gasteiger partial charge in [-0.3, -0.25) is 14.9 Å². The van der Waals surface area contributed by atoms with E-state index in [2.05, 4.69) is 5.32 Å². The van der Waals surface area contributed by atoms with Gasteiger partial charge in [-0.1, -0.05) is 29.8 Å². The molecule has 7 nitrogen and oxygen atoms in total. The predicted molar refractivity (Wildman–Crippen MR) is 91.5 cm³/mol. The van der Waals surface area contributed by atoms with E-state index in [0.717, 1.165) is 5.56 Å².